The average molecular weight is 292 g/mol. The number of rotatable bonds is 4. The van der Waals surface area contributed by atoms with E-state index in [1.807, 2.05) is 0 Å². The van der Waals surface area contributed by atoms with Gasteiger partial charge in [-0.2, -0.15) is 0 Å². The highest BCUT2D eigenvalue weighted by molar-refractivity contribution is 5.91. The van der Waals surface area contributed by atoms with E-state index in [-0.39, 0.29) is 18.1 Å². The minimum Gasteiger partial charge on any atom is -0.365 e. The van der Waals surface area contributed by atoms with E-state index in [2.05, 4.69) is 15.5 Å². The Labute approximate surface area is 120 Å². The van der Waals surface area contributed by atoms with Crippen LogP contribution >= 0.6 is 0 Å². The van der Waals surface area contributed by atoms with Crippen LogP contribution in [0.2, 0.25) is 0 Å². The SMILES string of the molecule is CN(C)C(=O)c1ccc(NCc2ccc(F)c(F)c2)nn1. The van der Waals surface area contributed by atoms with Crippen LogP contribution in [0.3, 0.4) is 0 Å². The molecule has 0 atom stereocenters. The van der Waals surface area contributed by atoms with Gasteiger partial charge in [0.2, 0.25) is 0 Å². The molecule has 1 aromatic carbocycles. The Morgan fingerprint density at radius 3 is 2.48 bits per heavy atom. The van der Waals surface area contributed by atoms with Gasteiger partial charge in [-0.15, -0.1) is 10.2 Å². The lowest BCUT2D eigenvalue weighted by atomic mass is 10.2. The monoisotopic (exact) mass is 292 g/mol. The second-order valence-electron chi connectivity index (χ2n) is 4.61. The molecule has 0 aliphatic rings. The van der Waals surface area contributed by atoms with Crippen molar-refractivity contribution in [2.75, 3.05) is 19.4 Å². The van der Waals surface area contributed by atoms with Crippen LogP contribution < -0.4 is 5.32 Å². The Bertz CT molecular complexity index is 644. The molecule has 0 bridgehead atoms. The minimum atomic E-state index is -0.896. The first-order valence-electron chi connectivity index (χ1n) is 6.20. The Kier molecular flexibility index (Phi) is 4.42. The van der Waals surface area contributed by atoms with Crippen LogP contribution in [-0.4, -0.2) is 35.1 Å². The van der Waals surface area contributed by atoms with E-state index in [1.54, 1.807) is 26.2 Å². The van der Waals surface area contributed by atoms with Crippen molar-refractivity contribution in [1.82, 2.24) is 15.1 Å². The van der Waals surface area contributed by atoms with Crippen LogP contribution in [0.4, 0.5) is 14.6 Å². The lowest BCUT2D eigenvalue weighted by Gasteiger charge is -2.09. The van der Waals surface area contributed by atoms with Gasteiger partial charge < -0.3 is 10.2 Å². The van der Waals surface area contributed by atoms with Crippen molar-refractivity contribution in [1.29, 1.82) is 0 Å². The second-order valence-corrected chi connectivity index (χ2v) is 4.61. The van der Waals surface area contributed by atoms with E-state index < -0.39 is 11.6 Å². The molecular weight excluding hydrogens is 278 g/mol. The number of nitrogens with one attached hydrogen (secondary N) is 1. The molecule has 0 spiro atoms. The summed E-state index contributed by atoms with van der Waals surface area (Å²) in [7, 11) is 3.25. The van der Waals surface area contributed by atoms with Crippen molar-refractivity contribution in [2.24, 2.45) is 0 Å². The molecule has 0 aliphatic heterocycles. The van der Waals surface area contributed by atoms with Crippen LogP contribution in [0.1, 0.15) is 16.1 Å². The number of hydrogen-bond donors (Lipinski definition) is 1. The predicted octanol–water partition coefficient (Wildman–Crippen LogP) is 2.07. The first-order valence-corrected chi connectivity index (χ1v) is 6.20. The lowest BCUT2D eigenvalue weighted by Crippen LogP contribution is -2.23. The first kappa shape index (κ1) is 14.8. The summed E-state index contributed by atoms with van der Waals surface area (Å²) >= 11 is 0. The highest BCUT2D eigenvalue weighted by Crippen LogP contribution is 2.11. The van der Waals surface area contributed by atoms with Crippen molar-refractivity contribution in [3.63, 3.8) is 0 Å². The van der Waals surface area contributed by atoms with E-state index in [4.69, 9.17) is 0 Å². The number of amides is 1. The number of aromatic nitrogens is 2. The summed E-state index contributed by atoms with van der Waals surface area (Å²) in [5, 5.41) is 10.6. The molecule has 1 N–H and O–H groups in total. The van der Waals surface area contributed by atoms with Crippen LogP contribution in [0.25, 0.3) is 0 Å². The first-order chi connectivity index (χ1) is 9.97. The zero-order valence-corrected chi connectivity index (χ0v) is 11.6. The van der Waals surface area contributed by atoms with Crippen molar-refractivity contribution < 1.29 is 13.6 Å². The third kappa shape index (κ3) is 3.71. The molecule has 0 radical (unpaired) electrons. The Hall–Kier alpha value is -2.57. The highest BCUT2D eigenvalue weighted by Gasteiger charge is 2.10. The van der Waals surface area contributed by atoms with Crippen LogP contribution in [0, 0.1) is 11.6 Å². The summed E-state index contributed by atoms with van der Waals surface area (Å²) in [6, 6.07) is 6.80. The number of carbonyl (C=O) groups is 1. The Morgan fingerprint density at radius 2 is 1.90 bits per heavy atom. The molecule has 0 aliphatic carbocycles. The van der Waals surface area contributed by atoms with E-state index in [0.29, 0.717) is 11.4 Å². The third-order valence-electron chi connectivity index (χ3n) is 2.75. The van der Waals surface area contributed by atoms with Crippen molar-refractivity contribution in [2.45, 2.75) is 6.54 Å². The topological polar surface area (TPSA) is 58.1 Å². The van der Waals surface area contributed by atoms with Gasteiger partial charge in [-0.1, -0.05) is 6.07 Å². The number of halogens is 2. The number of carbonyl (C=O) groups excluding carboxylic acids is 1. The van der Waals surface area contributed by atoms with Gasteiger partial charge in [0.05, 0.1) is 0 Å². The normalized spacial score (nSPS) is 10.3. The fourth-order valence-electron chi connectivity index (χ4n) is 1.61. The largest absolute Gasteiger partial charge is 0.365 e. The smallest absolute Gasteiger partial charge is 0.273 e. The molecule has 5 nitrogen and oxygen atoms in total. The zero-order valence-electron chi connectivity index (χ0n) is 11.6. The summed E-state index contributed by atoms with van der Waals surface area (Å²) in [4.78, 5) is 13.0. The molecule has 0 saturated carbocycles. The van der Waals surface area contributed by atoms with Crippen molar-refractivity contribution in [3.8, 4) is 0 Å². The Balaban J connectivity index is 2.00. The maximum Gasteiger partial charge on any atom is 0.273 e. The maximum absolute atomic E-state index is 13.0. The summed E-state index contributed by atoms with van der Waals surface area (Å²) in [6.45, 7) is 0.271. The van der Waals surface area contributed by atoms with Gasteiger partial charge in [0.25, 0.3) is 5.91 Å². The second kappa shape index (κ2) is 6.25. The lowest BCUT2D eigenvalue weighted by molar-refractivity contribution is 0.0821. The van der Waals surface area contributed by atoms with Gasteiger partial charge in [-0.05, 0) is 29.8 Å². The van der Waals surface area contributed by atoms with Crippen molar-refractivity contribution >= 4 is 11.7 Å². The van der Waals surface area contributed by atoms with Crippen LogP contribution in [0.15, 0.2) is 30.3 Å². The Morgan fingerprint density at radius 1 is 1.14 bits per heavy atom. The molecule has 0 unspecified atom stereocenters. The van der Waals surface area contributed by atoms with E-state index in [0.717, 1.165) is 12.1 Å². The number of nitrogens with zero attached hydrogens (tertiary/aromatic N) is 3. The molecule has 1 amide bonds. The van der Waals surface area contributed by atoms with Gasteiger partial charge in [0.15, 0.2) is 17.3 Å². The maximum atomic E-state index is 13.0. The summed E-state index contributed by atoms with van der Waals surface area (Å²) < 4.78 is 25.8. The highest BCUT2D eigenvalue weighted by atomic mass is 19.2. The summed E-state index contributed by atoms with van der Waals surface area (Å²) in [6.07, 6.45) is 0. The quantitative estimate of drug-likeness (QED) is 0.937. The molecule has 2 rings (SSSR count). The van der Waals surface area contributed by atoms with Gasteiger partial charge in [0, 0.05) is 20.6 Å². The molecular formula is C14H14F2N4O. The van der Waals surface area contributed by atoms with Gasteiger partial charge in [-0.3, -0.25) is 4.79 Å². The average Bonchev–Trinajstić information content (AvgIpc) is 2.48. The standard InChI is InChI=1S/C14H14F2N4O/c1-20(2)14(21)12-5-6-13(19-18-12)17-8-9-3-4-10(15)11(16)7-9/h3-7H,8H2,1-2H3,(H,17,19). The number of benzene rings is 1. The fourth-order valence-corrected chi connectivity index (χ4v) is 1.61. The van der Waals surface area contributed by atoms with Gasteiger partial charge in [0.1, 0.15) is 5.82 Å². The predicted molar refractivity (Wildman–Crippen MR) is 73.7 cm³/mol. The minimum absolute atomic E-state index is 0.235. The molecule has 7 heteroatoms. The van der Waals surface area contributed by atoms with E-state index in [9.17, 15) is 13.6 Å². The number of hydrogen-bond acceptors (Lipinski definition) is 4. The summed E-state index contributed by atoms with van der Waals surface area (Å²) in [5.74, 6) is -1.58. The van der Waals surface area contributed by atoms with Gasteiger partial charge >= 0.3 is 0 Å². The molecule has 110 valence electrons. The number of anilines is 1. The molecule has 0 fully saturated rings. The molecule has 0 saturated heterocycles. The fraction of sp³-hybridized carbons (Fsp3) is 0.214. The zero-order chi connectivity index (χ0) is 15.4. The van der Waals surface area contributed by atoms with Gasteiger partial charge in [-0.25, -0.2) is 8.78 Å². The van der Waals surface area contributed by atoms with E-state index >= 15 is 0 Å². The van der Waals surface area contributed by atoms with Crippen LogP contribution in [0.5, 0.6) is 0 Å². The van der Waals surface area contributed by atoms with Crippen molar-refractivity contribution in [3.05, 3.63) is 53.2 Å². The molecule has 1 heterocycles. The molecule has 1 aromatic heterocycles. The molecule has 21 heavy (non-hydrogen) atoms. The summed E-state index contributed by atoms with van der Waals surface area (Å²) in [5.41, 5.74) is 0.808. The van der Waals surface area contributed by atoms with E-state index in [1.165, 1.54) is 11.0 Å². The molecule has 2 aromatic rings. The van der Waals surface area contributed by atoms with Crippen LogP contribution in [-0.2, 0) is 6.54 Å². The third-order valence-corrected chi connectivity index (χ3v) is 2.75.